The predicted molar refractivity (Wildman–Crippen MR) is 78.6 cm³/mol. The van der Waals surface area contributed by atoms with Gasteiger partial charge in [-0.05, 0) is 25.7 Å². The van der Waals surface area contributed by atoms with E-state index in [0.717, 1.165) is 44.9 Å². The summed E-state index contributed by atoms with van der Waals surface area (Å²) in [5, 5.41) is 0. The maximum atomic E-state index is 12.7. The second-order valence-corrected chi connectivity index (χ2v) is 7.98. The molecule has 0 bridgehead atoms. The van der Waals surface area contributed by atoms with E-state index in [-0.39, 0.29) is 12.1 Å². The van der Waals surface area contributed by atoms with Gasteiger partial charge >= 0.3 is 0 Å². The zero-order valence-electron chi connectivity index (χ0n) is 11.7. The molecular weight excluding hydrogens is 284 g/mol. The van der Waals surface area contributed by atoms with E-state index in [9.17, 15) is 8.42 Å². The molecule has 1 heterocycles. The normalized spacial score (nSPS) is 27.8. The molecule has 0 N–H and O–H groups in total. The molecule has 2 fully saturated rings. The highest BCUT2D eigenvalue weighted by Gasteiger charge is 2.37. The first-order chi connectivity index (χ1) is 9.07. The van der Waals surface area contributed by atoms with Gasteiger partial charge in [-0.2, -0.15) is 17.0 Å². The van der Waals surface area contributed by atoms with Crippen molar-refractivity contribution in [3.8, 4) is 0 Å². The first-order valence-electron chi connectivity index (χ1n) is 7.38. The molecule has 1 saturated carbocycles. The molecule has 1 aliphatic heterocycles. The summed E-state index contributed by atoms with van der Waals surface area (Å²) < 4.78 is 28.7. The van der Waals surface area contributed by atoms with Crippen molar-refractivity contribution in [1.29, 1.82) is 0 Å². The van der Waals surface area contributed by atoms with Crippen molar-refractivity contribution in [2.45, 2.75) is 63.5 Å². The van der Waals surface area contributed by atoms with Crippen LogP contribution in [0.2, 0.25) is 0 Å². The Hall–Kier alpha value is 0.160. The van der Waals surface area contributed by atoms with Crippen molar-refractivity contribution in [2.75, 3.05) is 19.5 Å². The lowest BCUT2D eigenvalue weighted by Gasteiger charge is -2.39. The molecule has 2 aliphatic rings. The minimum Gasteiger partial charge on any atom is -0.195 e. The lowest BCUT2D eigenvalue weighted by atomic mass is 9.96. The van der Waals surface area contributed by atoms with E-state index in [1.807, 2.05) is 0 Å². The highest BCUT2D eigenvalue weighted by molar-refractivity contribution is 7.86. The summed E-state index contributed by atoms with van der Waals surface area (Å²) in [6.07, 6.45) is 8.43. The average molecular weight is 309 g/mol. The maximum Gasteiger partial charge on any atom is 0.282 e. The predicted octanol–water partition coefficient (Wildman–Crippen LogP) is 2.59. The van der Waals surface area contributed by atoms with Crippen LogP contribution in [0.1, 0.15) is 51.4 Å². The SMILES string of the molecule is CN(C1CCCCC1)S(=O)(=O)N1CCCCC1CCl. The Morgan fingerprint density at radius 2 is 1.74 bits per heavy atom. The molecule has 2 rings (SSSR count). The Kier molecular flexibility index (Phi) is 5.52. The first kappa shape index (κ1) is 15.5. The summed E-state index contributed by atoms with van der Waals surface area (Å²) in [5.41, 5.74) is 0. The van der Waals surface area contributed by atoms with Crippen LogP contribution >= 0.6 is 11.6 Å². The van der Waals surface area contributed by atoms with Gasteiger partial charge in [0.1, 0.15) is 0 Å². The molecule has 0 spiro atoms. The van der Waals surface area contributed by atoms with Gasteiger partial charge in [0.2, 0.25) is 0 Å². The molecule has 0 amide bonds. The molecule has 0 aromatic carbocycles. The molecule has 0 radical (unpaired) electrons. The van der Waals surface area contributed by atoms with Crippen molar-refractivity contribution in [3.63, 3.8) is 0 Å². The second-order valence-electron chi connectivity index (χ2n) is 5.73. The highest BCUT2D eigenvalue weighted by Crippen LogP contribution is 2.28. The second kappa shape index (κ2) is 6.74. The van der Waals surface area contributed by atoms with Gasteiger partial charge in [0.15, 0.2) is 0 Å². The molecule has 19 heavy (non-hydrogen) atoms. The van der Waals surface area contributed by atoms with Gasteiger partial charge in [-0.25, -0.2) is 0 Å². The van der Waals surface area contributed by atoms with E-state index in [1.165, 1.54) is 6.42 Å². The quantitative estimate of drug-likeness (QED) is 0.749. The molecule has 1 saturated heterocycles. The molecule has 1 unspecified atom stereocenters. The number of rotatable bonds is 4. The molecule has 112 valence electrons. The van der Waals surface area contributed by atoms with Crippen LogP contribution in [-0.4, -0.2) is 48.6 Å². The van der Waals surface area contributed by atoms with Crippen molar-refractivity contribution in [1.82, 2.24) is 8.61 Å². The zero-order valence-corrected chi connectivity index (χ0v) is 13.3. The van der Waals surface area contributed by atoms with Crippen LogP contribution in [-0.2, 0) is 10.2 Å². The number of halogens is 1. The van der Waals surface area contributed by atoms with E-state index in [4.69, 9.17) is 11.6 Å². The van der Waals surface area contributed by atoms with Gasteiger partial charge in [0.05, 0.1) is 0 Å². The fourth-order valence-electron chi connectivity index (χ4n) is 3.23. The first-order valence-corrected chi connectivity index (χ1v) is 9.31. The Morgan fingerprint density at radius 1 is 1.11 bits per heavy atom. The summed E-state index contributed by atoms with van der Waals surface area (Å²) in [6.45, 7) is 0.622. The molecule has 0 aromatic rings. The third-order valence-corrected chi connectivity index (χ3v) is 6.96. The van der Waals surface area contributed by atoms with E-state index < -0.39 is 10.2 Å². The van der Waals surface area contributed by atoms with Gasteiger partial charge in [-0.1, -0.05) is 25.7 Å². The zero-order chi connectivity index (χ0) is 13.9. The van der Waals surface area contributed by atoms with Gasteiger partial charge < -0.3 is 0 Å². The monoisotopic (exact) mass is 308 g/mol. The summed E-state index contributed by atoms with van der Waals surface area (Å²) in [7, 11) is -1.60. The minimum absolute atomic E-state index is 0.0218. The van der Waals surface area contributed by atoms with Gasteiger partial charge in [-0.3, -0.25) is 0 Å². The Balaban J connectivity index is 2.10. The van der Waals surface area contributed by atoms with Crippen LogP contribution in [0.4, 0.5) is 0 Å². The van der Waals surface area contributed by atoms with Crippen LogP contribution in [0.25, 0.3) is 0 Å². The largest absolute Gasteiger partial charge is 0.282 e. The van der Waals surface area contributed by atoms with E-state index >= 15 is 0 Å². The van der Waals surface area contributed by atoms with Crippen LogP contribution in [0.3, 0.4) is 0 Å². The van der Waals surface area contributed by atoms with Gasteiger partial charge in [-0.15, -0.1) is 11.6 Å². The fraction of sp³-hybridized carbons (Fsp3) is 1.00. The number of hydrogen-bond donors (Lipinski definition) is 0. The Bertz CT molecular complexity index is 382. The van der Waals surface area contributed by atoms with E-state index in [2.05, 4.69) is 0 Å². The van der Waals surface area contributed by atoms with Crippen LogP contribution in [0.5, 0.6) is 0 Å². The molecule has 1 atom stereocenters. The third kappa shape index (κ3) is 3.43. The van der Waals surface area contributed by atoms with Crippen molar-refractivity contribution in [2.24, 2.45) is 0 Å². The molecule has 4 nitrogen and oxygen atoms in total. The van der Waals surface area contributed by atoms with E-state index in [0.29, 0.717) is 12.4 Å². The van der Waals surface area contributed by atoms with Crippen LogP contribution in [0.15, 0.2) is 0 Å². The van der Waals surface area contributed by atoms with Gasteiger partial charge in [0.25, 0.3) is 10.2 Å². The van der Waals surface area contributed by atoms with Crippen molar-refractivity contribution < 1.29 is 8.42 Å². The smallest absolute Gasteiger partial charge is 0.195 e. The summed E-state index contributed by atoms with van der Waals surface area (Å²) in [5.74, 6) is 0.401. The summed E-state index contributed by atoms with van der Waals surface area (Å²) >= 11 is 5.95. The highest BCUT2D eigenvalue weighted by atomic mass is 35.5. The molecule has 6 heteroatoms. The van der Waals surface area contributed by atoms with Gasteiger partial charge in [0, 0.05) is 31.6 Å². The Labute approximate surface area is 122 Å². The van der Waals surface area contributed by atoms with Crippen molar-refractivity contribution >= 4 is 21.8 Å². The topological polar surface area (TPSA) is 40.6 Å². The van der Waals surface area contributed by atoms with E-state index in [1.54, 1.807) is 15.7 Å². The summed E-state index contributed by atoms with van der Waals surface area (Å²) in [4.78, 5) is 0. The third-order valence-electron chi connectivity index (χ3n) is 4.50. The standard InChI is InChI=1S/C13H25ClN2O2S/c1-15(12-7-3-2-4-8-12)19(17,18)16-10-6-5-9-13(16)11-14/h12-13H,2-11H2,1H3. The average Bonchev–Trinajstić information content (AvgIpc) is 2.47. The number of alkyl halides is 1. The number of piperidine rings is 1. The van der Waals surface area contributed by atoms with Crippen LogP contribution < -0.4 is 0 Å². The maximum absolute atomic E-state index is 12.7. The Morgan fingerprint density at radius 3 is 2.37 bits per heavy atom. The molecule has 0 aromatic heterocycles. The lowest BCUT2D eigenvalue weighted by molar-refractivity contribution is 0.223. The molecule has 1 aliphatic carbocycles. The summed E-state index contributed by atoms with van der Waals surface area (Å²) in [6, 6.07) is 0.156. The van der Waals surface area contributed by atoms with Crippen LogP contribution in [0, 0.1) is 0 Å². The minimum atomic E-state index is -3.34. The fourth-order valence-corrected chi connectivity index (χ4v) is 5.47. The number of nitrogens with zero attached hydrogens (tertiary/aromatic N) is 2. The lowest BCUT2D eigenvalue weighted by Crippen LogP contribution is -2.53. The number of hydrogen-bond acceptors (Lipinski definition) is 2. The van der Waals surface area contributed by atoms with Crippen molar-refractivity contribution in [3.05, 3.63) is 0 Å². The molecular formula is C13H25ClN2O2S.